The Balaban J connectivity index is 2.93. The second kappa shape index (κ2) is 5.99. The molecule has 0 atom stereocenters. The summed E-state index contributed by atoms with van der Waals surface area (Å²) in [4.78, 5) is 1.57. The molecule has 4 nitrogen and oxygen atoms in total. The third-order valence-corrected chi connectivity index (χ3v) is 4.35. The zero-order chi connectivity index (χ0) is 13.9. The first kappa shape index (κ1) is 15.4. The number of hydrogen-bond donors (Lipinski definition) is 1. The van der Waals surface area contributed by atoms with Crippen LogP contribution in [0.25, 0.3) is 0 Å². The zero-order valence-electron chi connectivity index (χ0n) is 10.3. The lowest BCUT2D eigenvalue weighted by atomic mass is 10.2. The molecule has 0 aliphatic heterocycles. The molecule has 0 aromatic heterocycles. The lowest BCUT2D eigenvalue weighted by Gasteiger charge is -2.20. The Morgan fingerprint density at radius 1 is 1.44 bits per heavy atom. The molecule has 0 unspecified atom stereocenters. The highest BCUT2D eigenvalue weighted by Crippen LogP contribution is 2.28. The van der Waals surface area contributed by atoms with Crippen LogP contribution in [0.4, 0.5) is 10.1 Å². The van der Waals surface area contributed by atoms with Crippen LogP contribution >= 0.6 is 15.9 Å². The molecule has 0 heterocycles. The third kappa shape index (κ3) is 3.93. The van der Waals surface area contributed by atoms with Crippen LogP contribution in [-0.4, -0.2) is 34.0 Å². The molecule has 0 aliphatic rings. The normalized spacial score (nSPS) is 11.6. The maximum absolute atomic E-state index is 14.0. The number of sulfone groups is 1. The molecule has 0 radical (unpaired) electrons. The van der Waals surface area contributed by atoms with Crippen LogP contribution in [0, 0.1) is 5.82 Å². The van der Waals surface area contributed by atoms with Crippen LogP contribution in [0.1, 0.15) is 5.56 Å². The van der Waals surface area contributed by atoms with Crippen molar-refractivity contribution < 1.29 is 12.8 Å². The van der Waals surface area contributed by atoms with Crippen LogP contribution in [0.2, 0.25) is 0 Å². The summed E-state index contributed by atoms with van der Waals surface area (Å²) in [5.74, 6) is -0.437. The number of rotatable bonds is 5. The fourth-order valence-electron chi connectivity index (χ4n) is 1.45. The molecule has 102 valence electrons. The fourth-order valence-corrected chi connectivity index (χ4v) is 2.56. The molecule has 0 saturated heterocycles. The van der Waals surface area contributed by atoms with Crippen molar-refractivity contribution in [1.29, 1.82) is 0 Å². The van der Waals surface area contributed by atoms with Crippen LogP contribution < -0.4 is 10.6 Å². The van der Waals surface area contributed by atoms with Gasteiger partial charge in [-0.05, 0) is 27.6 Å². The Bertz CT molecular complexity index is 534. The summed E-state index contributed by atoms with van der Waals surface area (Å²) >= 11 is 3.15. The van der Waals surface area contributed by atoms with Crippen molar-refractivity contribution in [3.63, 3.8) is 0 Å². The Morgan fingerprint density at radius 3 is 2.56 bits per heavy atom. The fraction of sp³-hybridized carbons (Fsp3) is 0.455. The number of anilines is 1. The zero-order valence-corrected chi connectivity index (χ0v) is 12.7. The maximum atomic E-state index is 14.0. The van der Waals surface area contributed by atoms with Gasteiger partial charge in [-0.1, -0.05) is 6.07 Å². The highest BCUT2D eigenvalue weighted by Gasteiger charge is 2.14. The largest absolute Gasteiger partial charge is 0.371 e. The van der Waals surface area contributed by atoms with Crippen molar-refractivity contribution in [3.05, 3.63) is 28.0 Å². The molecule has 0 saturated carbocycles. The van der Waals surface area contributed by atoms with E-state index in [1.165, 1.54) is 0 Å². The standard InChI is InChI=1S/C11H16BrFN2O2S/c1-15(5-6-18(2,16)17)9-4-3-8(7-14)10(12)11(9)13/h3-4H,5-7,14H2,1-2H3. The Labute approximate surface area is 115 Å². The molecular weight excluding hydrogens is 323 g/mol. The van der Waals surface area contributed by atoms with Gasteiger partial charge >= 0.3 is 0 Å². The first-order valence-corrected chi connectivity index (χ1v) is 8.17. The van der Waals surface area contributed by atoms with Gasteiger partial charge in [0.15, 0.2) is 5.82 Å². The van der Waals surface area contributed by atoms with Crippen molar-refractivity contribution >= 4 is 31.5 Å². The van der Waals surface area contributed by atoms with E-state index < -0.39 is 15.7 Å². The Hall–Kier alpha value is -0.660. The summed E-state index contributed by atoms with van der Waals surface area (Å²) in [6.07, 6.45) is 1.16. The highest BCUT2D eigenvalue weighted by molar-refractivity contribution is 9.10. The second-order valence-corrected chi connectivity index (χ2v) is 7.18. The predicted molar refractivity (Wildman–Crippen MR) is 75.0 cm³/mol. The number of halogens is 2. The highest BCUT2D eigenvalue weighted by atomic mass is 79.9. The third-order valence-electron chi connectivity index (χ3n) is 2.57. The van der Waals surface area contributed by atoms with Crippen molar-refractivity contribution in [2.75, 3.05) is 30.5 Å². The van der Waals surface area contributed by atoms with Gasteiger partial charge in [0.1, 0.15) is 9.84 Å². The molecule has 18 heavy (non-hydrogen) atoms. The summed E-state index contributed by atoms with van der Waals surface area (Å²) in [6.45, 7) is 0.481. The minimum absolute atomic E-state index is 0.0147. The SMILES string of the molecule is CN(CCS(C)(=O)=O)c1ccc(CN)c(Br)c1F. The number of nitrogens with two attached hydrogens (primary N) is 1. The minimum Gasteiger partial charge on any atom is -0.371 e. The average molecular weight is 339 g/mol. The quantitative estimate of drug-likeness (QED) is 0.884. The van der Waals surface area contributed by atoms with Crippen LogP contribution in [0.5, 0.6) is 0 Å². The molecule has 2 N–H and O–H groups in total. The predicted octanol–water partition coefficient (Wildman–Crippen LogP) is 1.53. The summed E-state index contributed by atoms with van der Waals surface area (Å²) < 4.78 is 36.5. The van der Waals surface area contributed by atoms with Crippen molar-refractivity contribution in [2.45, 2.75) is 6.54 Å². The van der Waals surface area contributed by atoms with Gasteiger partial charge in [0, 0.05) is 26.4 Å². The summed E-state index contributed by atoms with van der Waals surface area (Å²) in [5.41, 5.74) is 6.50. The van der Waals surface area contributed by atoms with Gasteiger partial charge in [0.05, 0.1) is 15.9 Å². The van der Waals surface area contributed by atoms with E-state index in [0.717, 1.165) is 6.26 Å². The van der Waals surface area contributed by atoms with Gasteiger partial charge in [0.2, 0.25) is 0 Å². The lowest BCUT2D eigenvalue weighted by molar-refractivity contribution is 0.598. The van der Waals surface area contributed by atoms with Gasteiger partial charge in [-0.2, -0.15) is 0 Å². The lowest BCUT2D eigenvalue weighted by Crippen LogP contribution is -2.25. The maximum Gasteiger partial charge on any atom is 0.160 e. The van der Waals surface area contributed by atoms with E-state index in [9.17, 15) is 12.8 Å². The molecule has 0 amide bonds. The monoisotopic (exact) mass is 338 g/mol. The molecule has 0 spiro atoms. The van der Waals surface area contributed by atoms with E-state index in [1.54, 1.807) is 24.1 Å². The summed E-state index contributed by atoms with van der Waals surface area (Å²) in [5, 5.41) is 0. The summed E-state index contributed by atoms with van der Waals surface area (Å²) in [6, 6.07) is 3.32. The van der Waals surface area contributed by atoms with Gasteiger partial charge in [-0.3, -0.25) is 0 Å². The first-order chi connectivity index (χ1) is 8.26. The van der Waals surface area contributed by atoms with E-state index in [2.05, 4.69) is 15.9 Å². The Morgan fingerprint density at radius 2 is 2.06 bits per heavy atom. The van der Waals surface area contributed by atoms with Gasteiger partial charge in [-0.25, -0.2) is 12.8 Å². The van der Waals surface area contributed by atoms with E-state index in [-0.39, 0.29) is 18.8 Å². The minimum atomic E-state index is -3.06. The van der Waals surface area contributed by atoms with Crippen LogP contribution in [0.15, 0.2) is 16.6 Å². The average Bonchev–Trinajstić information content (AvgIpc) is 2.28. The van der Waals surface area contributed by atoms with Crippen LogP contribution in [0.3, 0.4) is 0 Å². The van der Waals surface area contributed by atoms with Crippen molar-refractivity contribution in [3.8, 4) is 0 Å². The van der Waals surface area contributed by atoms with E-state index in [1.807, 2.05) is 0 Å². The molecule has 1 aromatic carbocycles. The molecule has 1 rings (SSSR count). The van der Waals surface area contributed by atoms with Gasteiger partial charge in [0.25, 0.3) is 0 Å². The number of nitrogens with zero attached hydrogens (tertiary/aromatic N) is 1. The smallest absolute Gasteiger partial charge is 0.160 e. The molecular formula is C11H16BrFN2O2S. The molecule has 7 heteroatoms. The first-order valence-electron chi connectivity index (χ1n) is 5.32. The molecule has 0 bridgehead atoms. The van der Waals surface area contributed by atoms with Crippen molar-refractivity contribution in [2.24, 2.45) is 5.73 Å². The van der Waals surface area contributed by atoms with E-state index in [0.29, 0.717) is 15.7 Å². The molecule has 0 fully saturated rings. The van der Waals surface area contributed by atoms with Crippen LogP contribution in [-0.2, 0) is 16.4 Å². The van der Waals surface area contributed by atoms with Gasteiger partial charge in [-0.15, -0.1) is 0 Å². The second-order valence-electron chi connectivity index (χ2n) is 4.13. The van der Waals surface area contributed by atoms with E-state index in [4.69, 9.17) is 5.73 Å². The molecule has 0 aliphatic carbocycles. The number of hydrogen-bond acceptors (Lipinski definition) is 4. The van der Waals surface area contributed by atoms with Crippen molar-refractivity contribution in [1.82, 2.24) is 0 Å². The van der Waals surface area contributed by atoms with Gasteiger partial charge < -0.3 is 10.6 Å². The summed E-state index contributed by atoms with van der Waals surface area (Å²) in [7, 11) is -1.41. The topological polar surface area (TPSA) is 63.4 Å². The molecule has 1 aromatic rings. The number of benzene rings is 1. The Kier molecular flexibility index (Phi) is 5.12. The van der Waals surface area contributed by atoms with E-state index >= 15 is 0 Å².